The van der Waals surface area contributed by atoms with Crippen molar-refractivity contribution in [3.05, 3.63) is 23.9 Å². The lowest BCUT2D eigenvalue weighted by Crippen LogP contribution is -2.32. The van der Waals surface area contributed by atoms with Crippen molar-refractivity contribution in [2.45, 2.75) is 6.92 Å². The van der Waals surface area contributed by atoms with Crippen LogP contribution in [0.3, 0.4) is 0 Å². The summed E-state index contributed by atoms with van der Waals surface area (Å²) in [6.07, 6.45) is 4.46. The van der Waals surface area contributed by atoms with Crippen molar-refractivity contribution in [3.63, 3.8) is 0 Å². The second-order valence-corrected chi connectivity index (χ2v) is 2.62. The Balaban J connectivity index is 2.60. The van der Waals surface area contributed by atoms with Gasteiger partial charge < -0.3 is 9.84 Å². The van der Waals surface area contributed by atoms with E-state index >= 15 is 0 Å². The second kappa shape index (κ2) is 4.67. The summed E-state index contributed by atoms with van der Waals surface area (Å²) < 4.78 is 5.15. The highest BCUT2D eigenvalue weighted by Gasteiger charge is 2.16. The molecular formula is C9H13NO3. The Labute approximate surface area is 77.1 Å². The van der Waals surface area contributed by atoms with Gasteiger partial charge in [0.05, 0.1) is 12.3 Å². The first-order chi connectivity index (χ1) is 6.25. The standard InChI is InChI=1S/C9H13NO3/c1-2-13-7-8-5-3-4-6-10(8)9(11)12/h3-5H,2,6-7H2,1H3,(H,11,12). The van der Waals surface area contributed by atoms with Crippen LogP contribution in [0.15, 0.2) is 23.9 Å². The molecule has 0 spiro atoms. The summed E-state index contributed by atoms with van der Waals surface area (Å²) in [5, 5.41) is 8.80. The number of allylic oxidation sites excluding steroid dienone is 2. The number of ether oxygens (including phenoxy) is 1. The summed E-state index contributed by atoms with van der Waals surface area (Å²) in [6.45, 7) is 3.24. The Morgan fingerprint density at radius 3 is 3.15 bits per heavy atom. The van der Waals surface area contributed by atoms with Crippen molar-refractivity contribution in [1.82, 2.24) is 4.90 Å². The number of amides is 1. The van der Waals surface area contributed by atoms with Crippen LogP contribution in [0.25, 0.3) is 0 Å². The summed E-state index contributed by atoms with van der Waals surface area (Å²) in [7, 11) is 0. The Morgan fingerprint density at radius 1 is 1.77 bits per heavy atom. The minimum Gasteiger partial charge on any atom is -0.465 e. The summed E-state index contributed by atoms with van der Waals surface area (Å²) in [5.74, 6) is 0. The van der Waals surface area contributed by atoms with Gasteiger partial charge in [0, 0.05) is 13.2 Å². The normalized spacial score (nSPS) is 15.8. The van der Waals surface area contributed by atoms with Gasteiger partial charge in [-0.3, -0.25) is 4.90 Å². The van der Waals surface area contributed by atoms with Gasteiger partial charge in [0.1, 0.15) is 0 Å². The van der Waals surface area contributed by atoms with Crippen molar-refractivity contribution in [3.8, 4) is 0 Å². The van der Waals surface area contributed by atoms with Gasteiger partial charge in [0.15, 0.2) is 0 Å². The van der Waals surface area contributed by atoms with Crippen LogP contribution in [0.2, 0.25) is 0 Å². The SMILES string of the molecule is CCOCC1=CC=CCN1C(=O)O. The van der Waals surface area contributed by atoms with Crippen LogP contribution in [0.1, 0.15) is 6.92 Å². The van der Waals surface area contributed by atoms with E-state index in [1.54, 1.807) is 12.2 Å². The van der Waals surface area contributed by atoms with E-state index in [0.29, 0.717) is 25.5 Å². The quantitative estimate of drug-likeness (QED) is 0.720. The van der Waals surface area contributed by atoms with E-state index in [1.165, 1.54) is 4.90 Å². The van der Waals surface area contributed by atoms with E-state index in [1.807, 2.05) is 13.0 Å². The number of hydrogen-bond acceptors (Lipinski definition) is 2. The van der Waals surface area contributed by atoms with Gasteiger partial charge in [-0.1, -0.05) is 12.2 Å². The predicted octanol–water partition coefficient (Wildman–Crippen LogP) is 1.46. The van der Waals surface area contributed by atoms with Crippen LogP contribution in [-0.4, -0.2) is 35.9 Å². The van der Waals surface area contributed by atoms with E-state index in [2.05, 4.69) is 0 Å². The molecule has 0 radical (unpaired) electrons. The topological polar surface area (TPSA) is 49.8 Å². The molecule has 4 nitrogen and oxygen atoms in total. The Morgan fingerprint density at radius 2 is 2.54 bits per heavy atom. The molecule has 0 aromatic heterocycles. The molecule has 4 heteroatoms. The molecule has 13 heavy (non-hydrogen) atoms. The van der Waals surface area contributed by atoms with Gasteiger partial charge in [-0.25, -0.2) is 4.79 Å². The predicted molar refractivity (Wildman–Crippen MR) is 48.4 cm³/mol. The largest absolute Gasteiger partial charge is 0.465 e. The monoisotopic (exact) mass is 183 g/mol. The highest BCUT2D eigenvalue weighted by Crippen LogP contribution is 2.10. The van der Waals surface area contributed by atoms with Gasteiger partial charge in [-0.15, -0.1) is 0 Å². The van der Waals surface area contributed by atoms with E-state index in [-0.39, 0.29) is 0 Å². The summed E-state index contributed by atoms with van der Waals surface area (Å²) in [5.41, 5.74) is 0.692. The Kier molecular flexibility index (Phi) is 3.52. The molecule has 0 saturated heterocycles. The molecule has 0 atom stereocenters. The third-order valence-electron chi connectivity index (χ3n) is 1.74. The molecule has 0 aromatic rings. The van der Waals surface area contributed by atoms with Gasteiger partial charge in [-0.05, 0) is 13.0 Å². The van der Waals surface area contributed by atoms with Gasteiger partial charge in [0.25, 0.3) is 0 Å². The average Bonchev–Trinajstić information content (AvgIpc) is 2.15. The van der Waals surface area contributed by atoms with E-state index in [9.17, 15) is 4.79 Å². The van der Waals surface area contributed by atoms with E-state index in [0.717, 1.165) is 0 Å². The number of nitrogens with zero attached hydrogens (tertiary/aromatic N) is 1. The second-order valence-electron chi connectivity index (χ2n) is 2.62. The fourth-order valence-corrected chi connectivity index (χ4v) is 1.09. The van der Waals surface area contributed by atoms with Crippen LogP contribution < -0.4 is 0 Å². The van der Waals surface area contributed by atoms with Crippen LogP contribution >= 0.6 is 0 Å². The molecular weight excluding hydrogens is 170 g/mol. The third kappa shape index (κ3) is 2.59. The fourth-order valence-electron chi connectivity index (χ4n) is 1.09. The number of carbonyl (C=O) groups is 1. The molecule has 1 aliphatic rings. The van der Waals surface area contributed by atoms with Crippen LogP contribution in [-0.2, 0) is 4.74 Å². The smallest absolute Gasteiger partial charge is 0.411 e. The lowest BCUT2D eigenvalue weighted by Gasteiger charge is -2.22. The molecule has 0 aromatic carbocycles. The Hall–Kier alpha value is -1.29. The maximum absolute atomic E-state index is 10.7. The zero-order chi connectivity index (χ0) is 9.68. The molecule has 1 amide bonds. The molecule has 0 fully saturated rings. The molecule has 0 unspecified atom stereocenters. The third-order valence-corrected chi connectivity index (χ3v) is 1.74. The van der Waals surface area contributed by atoms with Crippen molar-refractivity contribution < 1.29 is 14.6 Å². The van der Waals surface area contributed by atoms with Crippen LogP contribution in [0.4, 0.5) is 4.79 Å². The molecule has 1 rings (SSSR count). The van der Waals surface area contributed by atoms with Crippen molar-refractivity contribution >= 4 is 6.09 Å². The average molecular weight is 183 g/mol. The molecule has 1 N–H and O–H groups in total. The summed E-state index contributed by atoms with van der Waals surface area (Å²) in [6, 6.07) is 0. The highest BCUT2D eigenvalue weighted by atomic mass is 16.5. The van der Waals surface area contributed by atoms with Crippen LogP contribution in [0, 0.1) is 0 Å². The van der Waals surface area contributed by atoms with Crippen molar-refractivity contribution in [2.24, 2.45) is 0 Å². The first-order valence-electron chi connectivity index (χ1n) is 4.19. The fraction of sp³-hybridized carbons (Fsp3) is 0.444. The summed E-state index contributed by atoms with van der Waals surface area (Å²) in [4.78, 5) is 12.0. The summed E-state index contributed by atoms with van der Waals surface area (Å²) >= 11 is 0. The highest BCUT2D eigenvalue weighted by molar-refractivity contribution is 5.68. The van der Waals surface area contributed by atoms with Gasteiger partial charge >= 0.3 is 6.09 Å². The molecule has 1 aliphatic heterocycles. The van der Waals surface area contributed by atoms with Crippen LogP contribution in [0.5, 0.6) is 0 Å². The number of hydrogen-bond donors (Lipinski definition) is 1. The number of carboxylic acid groups (broad SMARTS) is 1. The number of rotatable bonds is 3. The van der Waals surface area contributed by atoms with E-state index < -0.39 is 6.09 Å². The molecule has 0 bridgehead atoms. The lowest BCUT2D eigenvalue weighted by molar-refractivity contribution is 0.130. The van der Waals surface area contributed by atoms with E-state index in [4.69, 9.17) is 9.84 Å². The Bertz CT molecular complexity index is 245. The zero-order valence-corrected chi connectivity index (χ0v) is 7.56. The minimum atomic E-state index is -0.935. The zero-order valence-electron chi connectivity index (χ0n) is 7.56. The molecule has 0 aliphatic carbocycles. The molecule has 0 saturated carbocycles. The first kappa shape index (κ1) is 9.80. The van der Waals surface area contributed by atoms with Crippen molar-refractivity contribution in [1.29, 1.82) is 0 Å². The first-order valence-corrected chi connectivity index (χ1v) is 4.19. The maximum atomic E-state index is 10.7. The van der Waals surface area contributed by atoms with Crippen molar-refractivity contribution in [2.75, 3.05) is 19.8 Å². The minimum absolute atomic E-state index is 0.354. The van der Waals surface area contributed by atoms with Gasteiger partial charge in [0.2, 0.25) is 0 Å². The van der Waals surface area contributed by atoms with Gasteiger partial charge in [-0.2, -0.15) is 0 Å². The maximum Gasteiger partial charge on any atom is 0.411 e. The lowest BCUT2D eigenvalue weighted by atomic mass is 10.2. The molecule has 72 valence electrons. The molecule has 1 heterocycles.